The molecule has 68 valence electrons. The van der Waals surface area contributed by atoms with Crippen LogP contribution in [0.25, 0.3) is 0 Å². The Labute approximate surface area is 70.5 Å². The van der Waals surface area contributed by atoms with Crippen molar-refractivity contribution in [2.24, 2.45) is 5.41 Å². The Hall–Kier alpha value is -0.0800. The van der Waals surface area contributed by atoms with Gasteiger partial charge in [-0.05, 0) is 19.3 Å². The van der Waals surface area contributed by atoms with Crippen molar-refractivity contribution in [2.75, 3.05) is 13.7 Å². The van der Waals surface area contributed by atoms with Gasteiger partial charge in [0.25, 0.3) is 0 Å². The van der Waals surface area contributed by atoms with Crippen molar-refractivity contribution in [3.05, 3.63) is 0 Å². The number of hydrogen-bond donors (Lipinski definition) is 0. The minimum absolute atomic E-state index is 0.306. The molecule has 0 radical (unpaired) electrons. The third-order valence-corrected chi connectivity index (χ3v) is 1.44. The minimum Gasteiger partial charge on any atom is -0.302 e. The summed E-state index contributed by atoms with van der Waals surface area (Å²) >= 11 is 0. The molecule has 0 saturated heterocycles. The lowest BCUT2D eigenvalue weighted by Gasteiger charge is -2.30. The molecule has 0 aromatic heterocycles. The SMILES string of the molecule is CON(CC(C)(C)C)C(C)C. The van der Waals surface area contributed by atoms with Gasteiger partial charge in [0, 0.05) is 12.6 Å². The molecule has 0 aromatic rings. The van der Waals surface area contributed by atoms with Crippen LogP contribution in [-0.4, -0.2) is 24.8 Å². The molecule has 0 amide bonds. The topological polar surface area (TPSA) is 12.5 Å². The van der Waals surface area contributed by atoms with Crippen LogP contribution in [0.4, 0.5) is 0 Å². The number of nitrogens with zero attached hydrogens (tertiary/aromatic N) is 1. The summed E-state index contributed by atoms with van der Waals surface area (Å²) in [7, 11) is 1.73. The fourth-order valence-electron chi connectivity index (χ4n) is 0.925. The molecule has 0 heterocycles. The van der Waals surface area contributed by atoms with Gasteiger partial charge in [-0.1, -0.05) is 20.8 Å². The molecule has 0 aliphatic heterocycles. The third-order valence-electron chi connectivity index (χ3n) is 1.44. The Morgan fingerprint density at radius 2 is 1.73 bits per heavy atom. The Kier molecular flexibility index (Phi) is 4.04. The highest BCUT2D eigenvalue weighted by atomic mass is 16.7. The van der Waals surface area contributed by atoms with Crippen molar-refractivity contribution in [1.82, 2.24) is 5.06 Å². The lowest BCUT2D eigenvalue weighted by atomic mass is 9.96. The molecule has 0 aromatic carbocycles. The van der Waals surface area contributed by atoms with Crippen LogP contribution >= 0.6 is 0 Å². The molecule has 0 rings (SSSR count). The van der Waals surface area contributed by atoms with Gasteiger partial charge < -0.3 is 4.84 Å². The highest BCUT2D eigenvalue weighted by Crippen LogP contribution is 2.16. The molecular formula is C9H21NO. The van der Waals surface area contributed by atoms with Gasteiger partial charge in [0.15, 0.2) is 0 Å². The standard InChI is InChI=1S/C9H21NO/c1-8(2)10(11-6)7-9(3,4)5/h8H,7H2,1-6H3. The average molecular weight is 159 g/mol. The molecular weight excluding hydrogens is 138 g/mol. The van der Waals surface area contributed by atoms with E-state index in [-0.39, 0.29) is 0 Å². The molecule has 0 saturated carbocycles. The van der Waals surface area contributed by atoms with Crippen molar-refractivity contribution in [3.8, 4) is 0 Å². The Morgan fingerprint density at radius 3 is 1.82 bits per heavy atom. The van der Waals surface area contributed by atoms with Crippen molar-refractivity contribution < 1.29 is 4.84 Å². The Morgan fingerprint density at radius 1 is 1.27 bits per heavy atom. The van der Waals surface area contributed by atoms with Crippen LogP contribution in [0.3, 0.4) is 0 Å². The van der Waals surface area contributed by atoms with Gasteiger partial charge in [0.05, 0.1) is 7.11 Å². The smallest absolute Gasteiger partial charge is 0.0575 e. The van der Waals surface area contributed by atoms with Crippen molar-refractivity contribution in [1.29, 1.82) is 0 Å². The molecule has 0 fully saturated rings. The summed E-state index contributed by atoms with van der Waals surface area (Å²) in [6.07, 6.45) is 0. The minimum atomic E-state index is 0.306. The van der Waals surface area contributed by atoms with Crippen LogP contribution < -0.4 is 0 Å². The van der Waals surface area contributed by atoms with Gasteiger partial charge in [-0.3, -0.25) is 0 Å². The molecule has 0 N–H and O–H groups in total. The highest BCUT2D eigenvalue weighted by Gasteiger charge is 2.17. The summed E-state index contributed by atoms with van der Waals surface area (Å²) in [6, 6.07) is 0.458. The summed E-state index contributed by atoms with van der Waals surface area (Å²) in [5, 5.41) is 2.00. The van der Waals surface area contributed by atoms with Crippen LogP contribution in [0.1, 0.15) is 34.6 Å². The first-order valence-electron chi connectivity index (χ1n) is 4.17. The molecule has 2 heteroatoms. The highest BCUT2D eigenvalue weighted by molar-refractivity contribution is 4.66. The summed E-state index contributed by atoms with van der Waals surface area (Å²) in [5.74, 6) is 0. The summed E-state index contributed by atoms with van der Waals surface area (Å²) in [6.45, 7) is 11.9. The quantitative estimate of drug-likeness (QED) is 0.586. The van der Waals surface area contributed by atoms with Crippen LogP contribution in [0, 0.1) is 5.41 Å². The monoisotopic (exact) mass is 159 g/mol. The summed E-state index contributed by atoms with van der Waals surface area (Å²) in [4.78, 5) is 5.22. The second-order valence-corrected chi connectivity index (χ2v) is 4.41. The van der Waals surface area contributed by atoms with E-state index in [2.05, 4.69) is 34.6 Å². The van der Waals surface area contributed by atoms with E-state index in [0.717, 1.165) is 6.54 Å². The lowest BCUT2D eigenvalue weighted by molar-refractivity contribution is -0.168. The first kappa shape index (κ1) is 10.9. The zero-order valence-electron chi connectivity index (χ0n) is 8.64. The Bertz CT molecular complexity index is 105. The largest absolute Gasteiger partial charge is 0.302 e. The molecule has 11 heavy (non-hydrogen) atoms. The maximum Gasteiger partial charge on any atom is 0.0575 e. The average Bonchev–Trinajstić information content (AvgIpc) is 1.80. The molecule has 0 bridgehead atoms. The Balaban J connectivity index is 3.88. The summed E-state index contributed by atoms with van der Waals surface area (Å²) in [5.41, 5.74) is 0.306. The number of rotatable bonds is 3. The fourth-order valence-corrected chi connectivity index (χ4v) is 0.925. The predicted molar refractivity (Wildman–Crippen MR) is 48.3 cm³/mol. The van der Waals surface area contributed by atoms with Crippen LogP contribution in [-0.2, 0) is 4.84 Å². The van der Waals surface area contributed by atoms with Gasteiger partial charge in [0.1, 0.15) is 0 Å². The van der Waals surface area contributed by atoms with E-state index in [1.54, 1.807) is 7.11 Å². The first-order chi connectivity index (χ1) is 4.87. The van der Waals surface area contributed by atoms with Gasteiger partial charge >= 0.3 is 0 Å². The van der Waals surface area contributed by atoms with Crippen LogP contribution in [0.15, 0.2) is 0 Å². The fraction of sp³-hybridized carbons (Fsp3) is 1.00. The van der Waals surface area contributed by atoms with Crippen LogP contribution in [0.5, 0.6) is 0 Å². The van der Waals surface area contributed by atoms with Crippen molar-refractivity contribution >= 4 is 0 Å². The van der Waals surface area contributed by atoms with Gasteiger partial charge in [-0.15, -0.1) is 0 Å². The number of hydrogen-bond acceptors (Lipinski definition) is 2. The van der Waals surface area contributed by atoms with E-state index in [4.69, 9.17) is 4.84 Å². The van der Waals surface area contributed by atoms with E-state index in [1.165, 1.54) is 0 Å². The second-order valence-electron chi connectivity index (χ2n) is 4.41. The van der Waals surface area contributed by atoms with E-state index >= 15 is 0 Å². The maximum atomic E-state index is 5.22. The molecule has 0 spiro atoms. The molecule has 2 nitrogen and oxygen atoms in total. The van der Waals surface area contributed by atoms with E-state index in [9.17, 15) is 0 Å². The molecule has 0 unspecified atom stereocenters. The van der Waals surface area contributed by atoms with Crippen LogP contribution in [0.2, 0.25) is 0 Å². The normalized spacial score (nSPS) is 13.1. The van der Waals surface area contributed by atoms with Gasteiger partial charge in [-0.25, -0.2) is 0 Å². The van der Waals surface area contributed by atoms with Gasteiger partial charge in [-0.2, -0.15) is 5.06 Å². The maximum absolute atomic E-state index is 5.22. The van der Waals surface area contributed by atoms with Gasteiger partial charge in [0.2, 0.25) is 0 Å². The molecule has 0 aliphatic carbocycles. The van der Waals surface area contributed by atoms with E-state index < -0.39 is 0 Å². The molecule has 0 aliphatic rings. The molecule has 0 atom stereocenters. The van der Waals surface area contributed by atoms with Crippen molar-refractivity contribution in [3.63, 3.8) is 0 Å². The first-order valence-corrected chi connectivity index (χ1v) is 4.17. The summed E-state index contributed by atoms with van der Waals surface area (Å²) < 4.78 is 0. The number of hydroxylamine groups is 2. The lowest BCUT2D eigenvalue weighted by Crippen LogP contribution is -2.36. The zero-order valence-corrected chi connectivity index (χ0v) is 8.64. The van der Waals surface area contributed by atoms with E-state index in [0.29, 0.717) is 11.5 Å². The zero-order chi connectivity index (χ0) is 9.07. The third kappa shape index (κ3) is 5.22. The predicted octanol–water partition coefficient (Wildman–Crippen LogP) is 2.30. The van der Waals surface area contributed by atoms with Crippen molar-refractivity contribution in [2.45, 2.75) is 40.7 Å². The second kappa shape index (κ2) is 4.07. The van der Waals surface area contributed by atoms with E-state index in [1.807, 2.05) is 5.06 Å².